The van der Waals surface area contributed by atoms with Gasteiger partial charge in [0.1, 0.15) is 16.8 Å². The maximum absolute atomic E-state index is 12.5. The number of hydrogen-bond acceptors (Lipinski definition) is 7. The number of esters is 1. The minimum absolute atomic E-state index is 0.0294. The molecule has 2 aromatic carbocycles. The van der Waals surface area contributed by atoms with E-state index in [-0.39, 0.29) is 17.7 Å². The Morgan fingerprint density at radius 3 is 2.68 bits per heavy atom. The van der Waals surface area contributed by atoms with E-state index in [2.05, 4.69) is 10.3 Å². The summed E-state index contributed by atoms with van der Waals surface area (Å²) >= 11 is 0. The molecule has 0 aliphatic heterocycles. The van der Waals surface area contributed by atoms with Crippen molar-refractivity contribution in [2.24, 2.45) is 0 Å². The van der Waals surface area contributed by atoms with Crippen LogP contribution in [0.15, 0.2) is 42.6 Å². The summed E-state index contributed by atoms with van der Waals surface area (Å²) in [4.78, 5) is 28.1. The molecule has 0 saturated heterocycles. The maximum atomic E-state index is 12.5. The Morgan fingerprint density at radius 2 is 2.00 bits per heavy atom. The van der Waals surface area contributed by atoms with E-state index in [0.717, 1.165) is 5.56 Å². The van der Waals surface area contributed by atoms with Gasteiger partial charge in [0, 0.05) is 17.3 Å². The topological polar surface area (TPSA) is 101 Å². The van der Waals surface area contributed by atoms with Gasteiger partial charge in [-0.3, -0.25) is 4.98 Å². The molecule has 0 aliphatic rings. The first-order valence-corrected chi connectivity index (χ1v) is 8.68. The molecule has 0 bridgehead atoms. The van der Waals surface area contributed by atoms with E-state index in [1.165, 1.54) is 25.4 Å². The Hall–Kier alpha value is -3.61. The molecule has 0 atom stereocenters. The summed E-state index contributed by atoms with van der Waals surface area (Å²) in [6, 6.07) is 9.95. The molecule has 3 rings (SSSR count). The predicted octanol–water partition coefficient (Wildman–Crippen LogP) is 2.84. The Bertz CT molecular complexity index is 1060. The fourth-order valence-corrected chi connectivity index (χ4v) is 2.88. The first-order chi connectivity index (χ1) is 13.5. The van der Waals surface area contributed by atoms with E-state index < -0.39 is 11.9 Å². The summed E-state index contributed by atoms with van der Waals surface area (Å²) in [5.41, 5.74) is 2.62. The van der Waals surface area contributed by atoms with Gasteiger partial charge in [0.25, 0.3) is 0 Å². The monoisotopic (exact) mass is 379 g/mol. The Kier molecular flexibility index (Phi) is 5.44. The quantitative estimate of drug-likeness (QED) is 0.657. The van der Waals surface area contributed by atoms with Gasteiger partial charge in [-0.1, -0.05) is 24.3 Å². The number of nitrogens with one attached hydrogen (secondary N) is 1. The number of methoxy groups -OCH3 is 1. The summed E-state index contributed by atoms with van der Waals surface area (Å²) in [5.74, 6) is -1.26. The molecule has 0 aliphatic carbocycles. The summed E-state index contributed by atoms with van der Waals surface area (Å²) in [5, 5.41) is 15.1. The van der Waals surface area contributed by atoms with Crippen LogP contribution in [0.25, 0.3) is 10.9 Å². The summed E-state index contributed by atoms with van der Waals surface area (Å²) < 4.78 is 10.5. The standard InChI is InChI=1S/C21H20N2O5/c1-4-28-21(26)15-11-22-19-14(6-5-7-17(19)27-3)18(15)23-16-10-13(20(24)25)9-8-12(16)2/h5-11H,4H2,1-3H3,(H,22,23)(H,24,25)/p-1. The largest absolute Gasteiger partial charge is 0.545 e. The van der Waals surface area contributed by atoms with Crippen LogP contribution >= 0.6 is 0 Å². The van der Waals surface area contributed by atoms with Gasteiger partial charge in [0.05, 0.1) is 25.4 Å². The van der Waals surface area contributed by atoms with Crippen molar-refractivity contribution in [1.29, 1.82) is 0 Å². The number of aryl methyl sites for hydroxylation is 1. The van der Waals surface area contributed by atoms with Crippen molar-refractivity contribution in [3.05, 3.63) is 59.3 Å². The molecule has 144 valence electrons. The summed E-state index contributed by atoms with van der Waals surface area (Å²) in [6.07, 6.45) is 1.42. The minimum atomic E-state index is -1.28. The van der Waals surface area contributed by atoms with Gasteiger partial charge in [-0.2, -0.15) is 0 Å². The molecule has 28 heavy (non-hydrogen) atoms. The third-order valence-electron chi connectivity index (χ3n) is 4.31. The van der Waals surface area contributed by atoms with Gasteiger partial charge in [-0.15, -0.1) is 0 Å². The van der Waals surface area contributed by atoms with Crippen molar-refractivity contribution in [2.45, 2.75) is 13.8 Å². The molecule has 1 heterocycles. The number of para-hydroxylation sites is 1. The lowest BCUT2D eigenvalue weighted by atomic mass is 10.1. The highest BCUT2D eigenvalue weighted by atomic mass is 16.5. The molecule has 0 radical (unpaired) electrons. The smallest absolute Gasteiger partial charge is 0.341 e. The van der Waals surface area contributed by atoms with E-state index in [1.807, 2.05) is 6.92 Å². The number of benzene rings is 2. The minimum Gasteiger partial charge on any atom is -0.545 e. The zero-order valence-corrected chi connectivity index (χ0v) is 15.7. The third kappa shape index (κ3) is 3.59. The van der Waals surface area contributed by atoms with Crippen molar-refractivity contribution in [1.82, 2.24) is 4.98 Å². The summed E-state index contributed by atoms with van der Waals surface area (Å²) in [7, 11) is 1.54. The zero-order valence-electron chi connectivity index (χ0n) is 15.7. The number of nitrogens with zero attached hydrogens (tertiary/aromatic N) is 1. The van der Waals surface area contributed by atoms with Crippen LogP contribution in [0.4, 0.5) is 11.4 Å². The number of ether oxygens (including phenoxy) is 2. The van der Waals surface area contributed by atoms with Gasteiger partial charge >= 0.3 is 5.97 Å². The lowest BCUT2D eigenvalue weighted by molar-refractivity contribution is -0.255. The first kappa shape index (κ1) is 19.2. The molecule has 7 nitrogen and oxygen atoms in total. The van der Waals surface area contributed by atoms with Gasteiger partial charge in [-0.05, 0) is 37.1 Å². The molecule has 0 fully saturated rings. The molecular formula is C21H19N2O5-. The fourth-order valence-electron chi connectivity index (χ4n) is 2.88. The highest BCUT2D eigenvalue weighted by Gasteiger charge is 2.19. The van der Waals surface area contributed by atoms with Gasteiger partial charge in [0.15, 0.2) is 0 Å². The number of carboxylic acids is 1. The zero-order chi connectivity index (χ0) is 20.3. The molecule has 1 aromatic heterocycles. The predicted molar refractivity (Wildman–Crippen MR) is 103 cm³/mol. The number of hydrogen-bond donors (Lipinski definition) is 1. The normalized spacial score (nSPS) is 10.5. The van der Waals surface area contributed by atoms with Gasteiger partial charge in [0.2, 0.25) is 0 Å². The molecule has 0 saturated carbocycles. The molecule has 0 spiro atoms. The van der Waals surface area contributed by atoms with Crippen molar-refractivity contribution in [3.63, 3.8) is 0 Å². The van der Waals surface area contributed by atoms with Crippen LogP contribution < -0.4 is 15.2 Å². The SMILES string of the molecule is CCOC(=O)c1cnc2c(OC)cccc2c1Nc1cc(C(=O)[O-])ccc1C. The van der Waals surface area contributed by atoms with Gasteiger partial charge < -0.3 is 24.7 Å². The van der Waals surface area contributed by atoms with E-state index in [4.69, 9.17) is 9.47 Å². The van der Waals surface area contributed by atoms with E-state index in [9.17, 15) is 14.7 Å². The van der Waals surface area contributed by atoms with Crippen LogP contribution in [0.1, 0.15) is 33.2 Å². The van der Waals surface area contributed by atoms with E-state index in [0.29, 0.717) is 28.0 Å². The number of carbonyl (C=O) groups is 2. The molecule has 7 heteroatoms. The van der Waals surface area contributed by atoms with Crippen LogP contribution in [0.2, 0.25) is 0 Å². The lowest BCUT2D eigenvalue weighted by Crippen LogP contribution is -2.22. The first-order valence-electron chi connectivity index (χ1n) is 8.68. The second kappa shape index (κ2) is 7.96. The number of carbonyl (C=O) groups excluding carboxylic acids is 2. The molecule has 0 amide bonds. The number of fused-ring (bicyclic) bond motifs is 1. The van der Waals surface area contributed by atoms with Crippen LogP contribution in [0, 0.1) is 6.92 Å². The average molecular weight is 379 g/mol. The number of anilines is 2. The number of pyridine rings is 1. The lowest BCUT2D eigenvalue weighted by Gasteiger charge is -2.17. The van der Waals surface area contributed by atoms with E-state index >= 15 is 0 Å². The highest BCUT2D eigenvalue weighted by Crippen LogP contribution is 2.34. The highest BCUT2D eigenvalue weighted by molar-refractivity contribution is 6.07. The third-order valence-corrected chi connectivity index (χ3v) is 4.31. The fraction of sp³-hybridized carbons (Fsp3) is 0.190. The van der Waals surface area contributed by atoms with Crippen LogP contribution in [0.3, 0.4) is 0 Å². The molecule has 0 unspecified atom stereocenters. The molecule has 3 aromatic rings. The Labute approximate surface area is 161 Å². The van der Waals surface area contributed by atoms with Crippen LogP contribution in [-0.2, 0) is 4.74 Å². The molecule has 1 N–H and O–H groups in total. The second-order valence-electron chi connectivity index (χ2n) is 6.07. The van der Waals surface area contributed by atoms with Crippen molar-refractivity contribution in [3.8, 4) is 5.75 Å². The van der Waals surface area contributed by atoms with E-state index in [1.54, 1.807) is 31.2 Å². The summed E-state index contributed by atoms with van der Waals surface area (Å²) in [6.45, 7) is 3.76. The van der Waals surface area contributed by atoms with Crippen molar-refractivity contribution >= 4 is 34.2 Å². The number of carboxylic acid groups (broad SMARTS) is 1. The molecular weight excluding hydrogens is 360 g/mol. The van der Waals surface area contributed by atoms with Crippen LogP contribution in [-0.4, -0.2) is 30.6 Å². The van der Waals surface area contributed by atoms with Crippen molar-refractivity contribution in [2.75, 3.05) is 19.0 Å². The second-order valence-corrected chi connectivity index (χ2v) is 6.07. The number of aromatic carboxylic acids is 1. The van der Waals surface area contributed by atoms with Crippen molar-refractivity contribution < 1.29 is 24.2 Å². The Balaban J connectivity index is 2.22. The van der Waals surface area contributed by atoms with Gasteiger partial charge in [-0.25, -0.2) is 4.79 Å². The average Bonchev–Trinajstić information content (AvgIpc) is 2.69. The van der Waals surface area contributed by atoms with Crippen LogP contribution in [0.5, 0.6) is 5.75 Å². The maximum Gasteiger partial charge on any atom is 0.341 e. The Morgan fingerprint density at radius 1 is 1.21 bits per heavy atom. The number of aromatic nitrogens is 1. The number of rotatable bonds is 6.